The van der Waals surface area contributed by atoms with Crippen LogP contribution in [0, 0.1) is 12.3 Å². The van der Waals surface area contributed by atoms with Gasteiger partial charge in [-0.15, -0.1) is 6.42 Å². The summed E-state index contributed by atoms with van der Waals surface area (Å²) in [5.41, 5.74) is 1.15. The number of benzene rings is 2. The van der Waals surface area contributed by atoms with Gasteiger partial charge in [0.2, 0.25) is 12.5 Å². The number of carbonyl (C=O) groups is 1. The van der Waals surface area contributed by atoms with Crippen LogP contribution in [-0.4, -0.2) is 37.1 Å². The highest BCUT2D eigenvalue weighted by Crippen LogP contribution is 2.40. The van der Waals surface area contributed by atoms with Crippen LogP contribution in [0.5, 0.6) is 28.7 Å². The normalized spacial score (nSPS) is 12.6. The van der Waals surface area contributed by atoms with Gasteiger partial charge in [-0.1, -0.05) is 17.3 Å². The molecule has 1 aliphatic rings. The molecule has 4 rings (SSSR count). The summed E-state index contributed by atoms with van der Waals surface area (Å²) in [6.45, 7) is 7.28. The van der Waals surface area contributed by atoms with E-state index in [0.29, 0.717) is 58.9 Å². The van der Waals surface area contributed by atoms with Crippen molar-refractivity contribution in [3.8, 4) is 41.1 Å². The predicted molar refractivity (Wildman–Crippen MR) is 125 cm³/mol. The number of hydrogen-bond acceptors (Lipinski definition) is 7. The second-order valence-electron chi connectivity index (χ2n) is 6.87. The molecule has 172 valence electrons. The molecule has 3 aromatic rings. The van der Waals surface area contributed by atoms with E-state index in [0.717, 1.165) is 10.2 Å². The lowest BCUT2D eigenvalue weighted by Crippen LogP contribution is -2.16. The van der Waals surface area contributed by atoms with Crippen LogP contribution in [0.1, 0.15) is 31.1 Å². The summed E-state index contributed by atoms with van der Waals surface area (Å²) in [7, 11) is 0. The summed E-state index contributed by atoms with van der Waals surface area (Å²) < 4.78 is 30.8. The van der Waals surface area contributed by atoms with Crippen molar-refractivity contribution in [3.05, 3.63) is 34.6 Å². The Hall–Kier alpha value is -3.64. The van der Waals surface area contributed by atoms with E-state index in [1.807, 2.05) is 32.9 Å². The molecule has 2 aromatic carbocycles. The molecule has 0 aliphatic carbocycles. The summed E-state index contributed by atoms with van der Waals surface area (Å²) in [4.78, 5) is 18.1. The molecule has 9 heteroatoms. The fourth-order valence-corrected chi connectivity index (χ4v) is 4.49. The average Bonchev–Trinajstić information content (AvgIpc) is 3.38. The van der Waals surface area contributed by atoms with Crippen LogP contribution < -0.4 is 28.5 Å². The van der Waals surface area contributed by atoms with Crippen LogP contribution in [0.4, 0.5) is 0 Å². The molecule has 0 radical (unpaired) electrons. The topological polar surface area (TPSA) is 80.5 Å². The van der Waals surface area contributed by atoms with Gasteiger partial charge < -0.3 is 28.3 Å². The number of ether oxygens (including phenoxy) is 5. The zero-order valence-corrected chi connectivity index (χ0v) is 19.5. The van der Waals surface area contributed by atoms with Crippen molar-refractivity contribution in [3.63, 3.8) is 0 Å². The van der Waals surface area contributed by atoms with E-state index in [1.165, 1.54) is 11.3 Å². The Morgan fingerprint density at radius 3 is 2.30 bits per heavy atom. The van der Waals surface area contributed by atoms with E-state index in [9.17, 15) is 4.79 Å². The number of nitrogens with zero attached hydrogens (tertiary/aromatic N) is 2. The minimum absolute atomic E-state index is 0.180. The minimum atomic E-state index is -0.447. The Morgan fingerprint density at radius 1 is 1.06 bits per heavy atom. The lowest BCUT2D eigenvalue weighted by molar-refractivity contribution is 0.0996. The highest BCUT2D eigenvalue weighted by atomic mass is 32.1. The molecular weight excluding hydrogens is 444 g/mol. The first kappa shape index (κ1) is 22.6. The van der Waals surface area contributed by atoms with Crippen LogP contribution in [0.2, 0.25) is 0 Å². The molecule has 0 spiro atoms. The number of carbonyl (C=O) groups excluding carboxylic acids is 1. The summed E-state index contributed by atoms with van der Waals surface area (Å²) in [6, 6.07) is 6.97. The summed E-state index contributed by atoms with van der Waals surface area (Å²) in [6.07, 6.45) is 5.59. The first-order valence-electron chi connectivity index (χ1n) is 10.6. The van der Waals surface area contributed by atoms with Gasteiger partial charge in [0, 0.05) is 17.7 Å². The van der Waals surface area contributed by atoms with Gasteiger partial charge in [0.15, 0.2) is 27.8 Å². The van der Waals surface area contributed by atoms with Gasteiger partial charge in [-0.25, -0.2) is 0 Å². The van der Waals surface area contributed by atoms with Gasteiger partial charge in [-0.05, 0) is 32.9 Å². The molecule has 1 aliphatic heterocycles. The summed E-state index contributed by atoms with van der Waals surface area (Å²) >= 11 is 1.35. The molecule has 0 N–H and O–H groups in total. The predicted octanol–water partition coefficient (Wildman–Crippen LogP) is 4.00. The van der Waals surface area contributed by atoms with E-state index < -0.39 is 5.91 Å². The second kappa shape index (κ2) is 9.88. The van der Waals surface area contributed by atoms with Crippen molar-refractivity contribution in [2.75, 3.05) is 26.6 Å². The van der Waals surface area contributed by atoms with Crippen LogP contribution >= 0.6 is 11.3 Å². The van der Waals surface area contributed by atoms with Gasteiger partial charge >= 0.3 is 0 Å². The molecule has 2 heterocycles. The van der Waals surface area contributed by atoms with E-state index in [1.54, 1.807) is 16.7 Å². The maximum Gasteiger partial charge on any atom is 0.279 e. The smallest absolute Gasteiger partial charge is 0.279 e. The summed E-state index contributed by atoms with van der Waals surface area (Å²) in [5, 5.41) is 0. The quantitative estimate of drug-likeness (QED) is 0.465. The monoisotopic (exact) mass is 468 g/mol. The molecular formula is C24H24N2O6S. The molecule has 0 fully saturated rings. The second-order valence-corrected chi connectivity index (χ2v) is 7.87. The van der Waals surface area contributed by atoms with E-state index in [-0.39, 0.29) is 13.3 Å². The Morgan fingerprint density at radius 2 is 1.70 bits per heavy atom. The highest BCUT2D eigenvalue weighted by Gasteiger charge is 2.20. The first-order valence-corrected chi connectivity index (χ1v) is 11.4. The number of hydrogen-bond donors (Lipinski definition) is 0. The van der Waals surface area contributed by atoms with Crippen LogP contribution in [0.15, 0.2) is 29.3 Å². The molecule has 0 bridgehead atoms. The van der Waals surface area contributed by atoms with Crippen molar-refractivity contribution >= 4 is 27.5 Å². The standard InChI is InChI=1S/C24H24N2O6S/c1-5-9-26-16-12-17-18(32-14-31-17)13-21(16)33-24(26)25-23(27)15-10-19(28-6-2)22(30-8-4)20(11-15)29-7-3/h1,10-13H,6-9,14H2,2-4H3. The lowest BCUT2D eigenvalue weighted by Gasteiger charge is -2.16. The molecule has 0 saturated heterocycles. The maximum absolute atomic E-state index is 13.2. The fourth-order valence-electron chi connectivity index (χ4n) is 3.45. The minimum Gasteiger partial charge on any atom is -0.490 e. The first-order chi connectivity index (χ1) is 16.1. The Labute approximate surface area is 195 Å². The lowest BCUT2D eigenvalue weighted by atomic mass is 10.1. The number of aromatic nitrogens is 1. The molecule has 1 amide bonds. The Kier molecular flexibility index (Phi) is 6.75. The summed E-state index contributed by atoms with van der Waals surface area (Å²) in [5.74, 6) is 4.81. The Bertz CT molecular complexity index is 1270. The fraction of sp³-hybridized carbons (Fsp3) is 0.333. The van der Waals surface area contributed by atoms with E-state index in [2.05, 4.69) is 10.9 Å². The number of rotatable bonds is 8. The largest absolute Gasteiger partial charge is 0.490 e. The number of terminal acetylenes is 1. The van der Waals surface area contributed by atoms with Crippen molar-refractivity contribution in [1.82, 2.24) is 4.57 Å². The van der Waals surface area contributed by atoms with E-state index >= 15 is 0 Å². The zero-order chi connectivity index (χ0) is 23.4. The van der Waals surface area contributed by atoms with Crippen LogP contribution in [0.25, 0.3) is 10.2 Å². The van der Waals surface area contributed by atoms with Gasteiger partial charge in [-0.2, -0.15) is 4.99 Å². The van der Waals surface area contributed by atoms with Crippen molar-refractivity contribution in [1.29, 1.82) is 0 Å². The van der Waals surface area contributed by atoms with Crippen molar-refractivity contribution in [2.45, 2.75) is 27.3 Å². The highest BCUT2D eigenvalue weighted by molar-refractivity contribution is 7.16. The number of fused-ring (bicyclic) bond motifs is 2. The zero-order valence-electron chi connectivity index (χ0n) is 18.7. The van der Waals surface area contributed by atoms with Gasteiger partial charge in [-0.3, -0.25) is 4.79 Å². The molecule has 0 saturated carbocycles. The third-order valence-corrected chi connectivity index (χ3v) is 5.82. The molecule has 8 nitrogen and oxygen atoms in total. The van der Waals surface area contributed by atoms with Crippen molar-refractivity contribution in [2.24, 2.45) is 4.99 Å². The average molecular weight is 469 g/mol. The number of thiazole rings is 1. The molecule has 1 aromatic heterocycles. The van der Waals surface area contributed by atoms with E-state index in [4.69, 9.17) is 30.1 Å². The van der Waals surface area contributed by atoms with Gasteiger partial charge in [0.1, 0.15) is 0 Å². The van der Waals surface area contributed by atoms with Crippen LogP contribution in [0.3, 0.4) is 0 Å². The third kappa shape index (κ3) is 4.47. The van der Waals surface area contributed by atoms with Crippen molar-refractivity contribution < 1.29 is 28.5 Å². The van der Waals surface area contributed by atoms with Crippen LogP contribution in [-0.2, 0) is 6.54 Å². The molecule has 0 atom stereocenters. The van der Waals surface area contributed by atoms with Gasteiger partial charge in [0.05, 0.1) is 36.6 Å². The Balaban J connectivity index is 1.82. The SMILES string of the molecule is C#CCn1c(=NC(=O)c2cc(OCC)c(OCC)c(OCC)c2)sc2cc3c(cc21)OCO3. The maximum atomic E-state index is 13.2. The van der Waals surface area contributed by atoms with Gasteiger partial charge in [0.25, 0.3) is 5.91 Å². The molecule has 0 unspecified atom stereocenters. The molecule has 33 heavy (non-hydrogen) atoms. The number of amides is 1. The third-order valence-electron chi connectivity index (χ3n) is 4.78.